The highest BCUT2D eigenvalue weighted by Gasteiger charge is 2.13. The van der Waals surface area contributed by atoms with Crippen LogP contribution < -0.4 is 10.5 Å². The second-order valence-electron chi connectivity index (χ2n) is 4.15. The first-order valence-electron chi connectivity index (χ1n) is 5.96. The van der Waals surface area contributed by atoms with Crippen molar-refractivity contribution < 1.29 is 4.42 Å². The standard InChI is InChI=1S/C14H15N3O/c1-2-6-13(7-3-1)17-10-5-9-16(15-17)12-14-8-4-11-18-14/h1-8,10-11,15H,9,12H2. The molecule has 0 atom stereocenters. The lowest BCUT2D eigenvalue weighted by Crippen LogP contribution is -2.49. The Hall–Kier alpha value is -2.04. The molecule has 0 aliphatic carbocycles. The van der Waals surface area contributed by atoms with Crippen LogP contribution in [0.3, 0.4) is 0 Å². The van der Waals surface area contributed by atoms with Crippen molar-refractivity contribution in [1.29, 1.82) is 0 Å². The molecule has 4 heteroatoms. The molecule has 3 rings (SSSR count). The SMILES string of the molecule is C1=CN(c2ccccc2)NN(Cc2ccco2)C1. The fourth-order valence-electron chi connectivity index (χ4n) is 1.93. The van der Waals surface area contributed by atoms with Crippen molar-refractivity contribution in [2.24, 2.45) is 0 Å². The van der Waals surface area contributed by atoms with E-state index in [1.165, 1.54) is 0 Å². The molecule has 2 aromatic rings. The molecule has 1 aliphatic heterocycles. The van der Waals surface area contributed by atoms with Gasteiger partial charge in [-0.1, -0.05) is 24.3 Å². The monoisotopic (exact) mass is 241 g/mol. The lowest BCUT2D eigenvalue weighted by atomic mass is 10.3. The molecule has 0 saturated heterocycles. The van der Waals surface area contributed by atoms with Gasteiger partial charge in [-0.05, 0) is 24.3 Å². The fourth-order valence-corrected chi connectivity index (χ4v) is 1.93. The van der Waals surface area contributed by atoms with E-state index in [-0.39, 0.29) is 0 Å². The van der Waals surface area contributed by atoms with Crippen LogP contribution in [0.1, 0.15) is 5.76 Å². The van der Waals surface area contributed by atoms with E-state index in [9.17, 15) is 0 Å². The third kappa shape index (κ3) is 2.45. The molecule has 92 valence electrons. The number of para-hydroxylation sites is 1. The quantitative estimate of drug-likeness (QED) is 0.894. The topological polar surface area (TPSA) is 31.6 Å². The summed E-state index contributed by atoms with van der Waals surface area (Å²) in [5.41, 5.74) is 4.44. The number of nitrogens with zero attached hydrogens (tertiary/aromatic N) is 2. The van der Waals surface area contributed by atoms with Gasteiger partial charge in [-0.2, -0.15) is 5.53 Å². The van der Waals surface area contributed by atoms with E-state index in [0.29, 0.717) is 0 Å². The number of anilines is 1. The van der Waals surface area contributed by atoms with E-state index in [2.05, 4.69) is 28.8 Å². The van der Waals surface area contributed by atoms with Gasteiger partial charge in [0.1, 0.15) is 5.76 Å². The zero-order chi connectivity index (χ0) is 12.2. The molecule has 0 saturated carbocycles. The van der Waals surface area contributed by atoms with Crippen LogP contribution in [0.5, 0.6) is 0 Å². The Kier molecular flexibility index (Phi) is 3.12. The van der Waals surface area contributed by atoms with Crippen molar-refractivity contribution in [2.45, 2.75) is 6.54 Å². The molecular formula is C14H15N3O. The minimum atomic E-state index is 0.737. The lowest BCUT2D eigenvalue weighted by molar-refractivity contribution is 0.176. The molecule has 1 aliphatic rings. The maximum Gasteiger partial charge on any atom is 0.119 e. The molecule has 0 bridgehead atoms. The van der Waals surface area contributed by atoms with Gasteiger partial charge in [0, 0.05) is 12.7 Å². The summed E-state index contributed by atoms with van der Waals surface area (Å²) in [6.45, 7) is 1.59. The van der Waals surface area contributed by atoms with Crippen LogP contribution in [0.15, 0.2) is 65.4 Å². The molecule has 1 aromatic heterocycles. The molecule has 0 fully saturated rings. The second-order valence-corrected chi connectivity index (χ2v) is 4.15. The summed E-state index contributed by atoms with van der Waals surface area (Å²) in [5.74, 6) is 0.950. The highest BCUT2D eigenvalue weighted by Crippen LogP contribution is 2.14. The van der Waals surface area contributed by atoms with E-state index in [1.807, 2.05) is 41.5 Å². The molecule has 0 amide bonds. The molecule has 2 heterocycles. The Balaban J connectivity index is 1.69. The Morgan fingerprint density at radius 3 is 2.78 bits per heavy atom. The third-order valence-electron chi connectivity index (χ3n) is 2.79. The first-order chi connectivity index (χ1) is 8.92. The summed E-state index contributed by atoms with van der Waals surface area (Å²) in [6, 6.07) is 14.1. The second kappa shape index (κ2) is 5.08. The predicted molar refractivity (Wildman–Crippen MR) is 70.3 cm³/mol. The van der Waals surface area contributed by atoms with Gasteiger partial charge in [-0.3, -0.25) is 5.01 Å². The highest BCUT2D eigenvalue weighted by atomic mass is 16.3. The van der Waals surface area contributed by atoms with E-state index in [1.54, 1.807) is 6.26 Å². The summed E-state index contributed by atoms with van der Waals surface area (Å²) < 4.78 is 5.35. The summed E-state index contributed by atoms with van der Waals surface area (Å²) >= 11 is 0. The fraction of sp³-hybridized carbons (Fsp3) is 0.143. The van der Waals surface area contributed by atoms with Crippen LogP contribution in [-0.4, -0.2) is 11.6 Å². The lowest BCUT2D eigenvalue weighted by Gasteiger charge is -2.32. The molecule has 4 nitrogen and oxygen atoms in total. The van der Waals surface area contributed by atoms with Crippen molar-refractivity contribution in [3.63, 3.8) is 0 Å². The van der Waals surface area contributed by atoms with Crippen molar-refractivity contribution in [2.75, 3.05) is 11.6 Å². The van der Waals surface area contributed by atoms with Crippen molar-refractivity contribution in [3.8, 4) is 0 Å². The minimum Gasteiger partial charge on any atom is -0.468 e. The first kappa shape index (κ1) is 11.1. The highest BCUT2D eigenvalue weighted by molar-refractivity contribution is 5.47. The van der Waals surface area contributed by atoms with E-state index < -0.39 is 0 Å². The summed E-state index contributed by atoms with van der Waals surface area (Å²) in [6.07, 6.45) is 5.85. The molecular weight excluding hydrogens is 226 g/mol. The van der Waals surface area contributed by atoms with Gasteiger partial charge in [-0.25, -0.2) is 5.01 Å². The Bertz CT molecular complexity index is 507. The first-order valence-corrected chi connectivity index (χ1v) is 5.96. The zero-order valence-electron chi connectivity index (χ0n) is 9.99. The maximum absolute atomic E-state index is 5.35. The number of hydrazine groups is 2. The number of hydrogen-bond donors (Lipinski definition) is 1. The van der Waals surface area contributed by atoms with Gasteiger partial charge in [-0.15, -0.1) is 0 Å². The Morgan fingerprint density at radius 1 is 1.11 bits per heavy atom. The van der Waals surface area contributed by atoms with Crippen LogP contribution in [0.25, 0.3) is 0 Å². The van der Waals surface area contributed by atoms with Crippen LogP contribution in [0, 0.1) is 0 Å². The molecule has 0 spiro atoms. The predicted octanol–water partition coefficient (Wildman–Crippen LogP) is 2.54. The number of nitrogens with one attached hydrogen (secondary N) is 1. The molecule has 18 heavy (non-hydrogen) atoms. The van der Waals surface area contributed by atoms with Gasteiger partial charge >= 0.3 is 0 Å². The van der Waals surface area contributed by atoms with E-state index >= 15 is 0 Å². The minimum absolute atomic E-state index is 0.737. The van der Waals surface area contributed by atoms with E-state index in [0.717, 1.165) is 24.5 Å². The molecule has 1 N–H and O–H groups in total. The molecule has 1 aromatic carbocycles. The van der Waals surface area contributed by atoms with Crippen LogP contribution in [-0.2, 0) is 6.54 Å². The normalized spacial score (nSPS) is 16.1. The Labute approximate surface area is 106 Å². The van der Waals surface area contributed by atoms with Crippen LogP contribution in [0.4, 0.5) is 5.69 Å². The summed E-state index contributed by atoms with van der Waals surface area (Å²) in [5, 5.41) is 4.08. The van der Waals surface area contributed by atoms with Crippen molar-refractivity contribution in [3.05, 3.63) is 66.8 Å². The third-order valence-corrected chi connectivity index (χ3v) is 2.79. The van der Waals surface area contributed by atoms with Gasteiger partial charge in [0.2, 0.25) is 0 Å². The molecule has 0 radical (unpaired) electrons. The number of furan rings is 1. The summed E-state index contributed by atoms with van der Waals surface area (Å²) in [4.78, 5) is 0. The summed E-state index contributed by atoms with van der Waals surface area (Å²) in [7, 11) is 0. The van der Waals surface area contributed by atoms with Gasteiger partial charge in [0.25, 0.3) is 0 Å². The van der Waals surface area contributed by atoms with Gasteiger partial charge in [0.05, 0.1) is 18.5 Å². The van der Waals surface area contributed by atoms with Gasteiger partial charge in [0.15, 0.2) is 0 Å². The maximum atomic E-state index is 5.35. The van der Waals surface area contributed by atoms with Crippen LogP contribution in [0.2, 0.25) is 0 Å². The van der Waals surface area contributed by atoms with Crippen LogP contribution >= 0.6 is 0 Å². The zero-order valence-corrected chi connectivity index (χ0v) is 9.99. The van der Waals surface area contributed by atoms with E-state index in [4.69, 9.17) is 4.42 Å². The largest absolute Gasteiger partial charge is 0.468 e. The number of hydrogen-bond acceptors (Lipinski definition) is 4. The Morgan fingerprint density at radius 2 is 2.00 bits per heavy atom. The number of benzene rings is 1. The van der Waals surface area contributed by atoms with Crippen molar-refractivity contribution >= 4 is 5.69 Å². The average Bonchev–Trinajstić information content (AvgIpc) is 2.93. The molecule has 0 unspecified atom stereocenters. The van der Waals surface area contributed by atoms with Gasteiger partial charge < -0.3 is 4.42 Å². The van der Waals surface area contributed by atoms with Crippen molar-refractivity contribution in [1.82, 2.24) is 10.5 Å². The number of rotatable bonds is 3. The average molecular weight is 241 g/mol. The smallest absolute Gasteiger partial charge is 0.119 e.